The van der Waals surface area contributed by atoms with Crippen molar-refractivity contribution >= 4 is 16.2 Å². The number of rotatable bonds is 5. The second-order valence-corrected chi connectivity index (χ2v) is 7.46. The molecule has 0 radical (unpaired) electrons. The molecule has 26 heavy (non-hydrogen) atoms. The first-order chi connectivity index (χ1) is 12.0. The van der Waals surface area contributed by atoms with Crippen molar-refractivity contribution in [2.24, 2.45) is 5.92 Å². The van der Waals surface area contributed by atoms with Crippen molar-refractivity contribution in [1.29, 1.82) is 0 Å². The first-order valence-electron chi connectivity index (χ1n) is 7.45. The van der Waals surface area contributed by atoms with Gasteiger partial charge < -0.3 is 14.2 Å². The molecule has 1 aromatic carbocycles. The summed E-state index contributed by atoms with van der Waals surface area (Å²) in [5.41, 5.74) is 0. The van der Waals surface area contributed by atoms with Gasteiger partial charge in [0.1, 0.15) is 0 Å². The molecule has 0 aromatic heterocycles. The van der Waals surface area contributed by atoms with Crippen LogP contribution in [0.1, 0.15) is 19.3 Å². The highest BCUT2D eigenvalue weighted by Crippen LogP contribution is 2.30. The Labute approximate surface area is 145 Å². The van der Waals surface area contributed by atoms with E-state index in [0.29, 0.717) is 19.4 Å². The van der Waals surface area contributed by atoms with Crippen LogP contribution in [0.4, 0.5) is 26.7 Å². The van der Waals surface area contributed by atoms with Gasteiger partial charge in [-0.05, 0) is 25.2 Å². The molecule has 1 aromatic rings. The van der Waals surface area contributed by atoms with Gasteiger partial charge in [-0.15, -0.1) is 0 Å². The molecule has 0 bridgehead atoms. The fourth-order valence-corrected chi connectivity index (χ4v) is 3.72. The lowest BCUT2D eigenvalue weighted by molar-refractivity contribution is 0.119. The zero-order valence-corrected chi connectivity index (χ0v) is 14.0. The minimum atomic E-state index is -4.66. The minimum absolute atomic E-state index is 0.0768. The number of carboxylic acid groups (broad SMARTS) is 1. The average molecular weight is 403 g/mol. The molecule has 146 valence electrons. The third-order valence-electron chi connectivity index (χ3n) is 3.95. The van der Waals surface area contributed by atoms with Gasteiger partial charge in [0.05, 0.1) is 5.75 Å². The van der Waals surface area contributed by atoms with Gasteiger partial charge in [0, 0.05) is 13.1 Å². The van der Waals surface area contributed by atoms with Crippen molar-refractivity contribution in [2.75, 3.05) is 18.8 Å². The summed E-state index contributed by atoms with van der Waals surface area (Å²) in [6.45, 7) is 0.382. The van der Waals surface area contributed by atoms with Crippen LogP contribution >= 0.6 is 0 Å². The standard InChI is InChI=1S/C14H14F5NO5S/c15-8-9(16)11(18)13(12(19)10(8)17)25-26(23,24)5-3-7-2-1-4-20(6-7)14(21)22/h7H,1-6H2,(H,21,22). The molecule has 2 rings (SSSR count). The summed E-state index contributed by atoms with van der Waals surface area (Å²) in [7, 11) is -4.66. The van der Waals surface area contributed by atoms with Crippen molar-refractivity contribution in [3.8, 4) is 5.75 Å². The molecule has 1 aliphatic rings. The van der Waals surface area contributed by atoms with Crippen molar-refractivity contribution in [2.45, 2.75) is 19.3 Å². The van der Waals surface area contributed by atoms with Crippen LogP contribution in [0.5, 0.6) is 5.75 Å². The van der Waals surface area contributed by atoms with E-state index in [1.54, 1.807) is 0 Å². The fourth-order valence-electron chi connectivity index (χ4n) is 2.61. The Hall–Kier alpha value is -2.11. The number of hydrogen-bond acceptors (Lipinski definition) is 4. The molecule has 1 aliphatic heterocycles. The zero-order valence-electron chi connectivity index (χ0n) is 13.1. The van der Waals surface area contributed by atoms with Gasteiger partial charge in [0.25, 0.3) is 0 Å². The number of piperidine rings is 1. The lowest BCUT2D eigenvalue weighted by Crippen LogP contribution is -2.39. The third kappa shape index (κ3) is 4.34. The van der Waals surface area contributed by atoms with Crippen LogP contribution in [0.15, 0.2) is 0 Å². The number of likely N-dealkylation sites (tertiary alicyclic amines) is 1. The van der Waals surface area contributed by atoms with Crippen molar-refractivity contribution in [1.82, 2.24) is 4.90 Å². The fraction of sp³-hybridized carbons (Fsp3) is 0.500. The van der Waals surface area contributed by atoms with E-state index in [9.17, 15) is 35.2 Å². The average Bonchev–Trinajstić information content (AvgIpc) is 2.60. The number of halogens is 5. The van der Waals surface area contributed by atoms with E-state index in [0.717, 1.165) is 4.90 Å². The zero-order chi connectivity index (χ0) is 19.6. The molecule has 0 spiro atoms. The van der Waals surface area contributed by atoms with E-state index >= 15 is 0 Å². The molecular weight excluding hydrogens is 389 g/mol. The van der Waals surface area contributed by atoms with Crippen LogP contribution in [0.2, 0.25) is 0 Å². The second-order valence-electron chi connectivity index (χ2n) is 5.77. The topological polar surface area (TPSA) is 83.9 Å². The SMILES string of the molecule is O=C(O)N1CCCC(CCS(=O)(=O)Oc2c(F)c(F)c(F)c(F)c2F)C1. The molecule has 12 heteroatoms. The van der Waals surface area contributed by atoms with E-state index in [4.69, 9.17) is 5.11 Å². The predicted octanol–water partition coefficient (Wildman–Crippen LogP) is 2.87. The van der Waals surface area contributed by atoms with Gasteiger partial charge in [-0.3, -0.25) is 0 Å². The molecular formula is C14H14F5NO5S. The molecule has 1 fully saturated rings. The molecule has 0 saturated carbocycles. The monoisotopic (exact) mass is 403 g/mol. The Morgan fingerprint density at radius 1 is 1.08 bits per heavy atom. The quantitative estimate of drug-likeness (QED) is 0.354. The van der Waals surface area contributed by atoms with Crippen LogP contribution < -0.4 is 4.18 Å². The van der Waals surface area contributed by atoms with Gasteiger partial charge in [-0.1, -0.05) is 0 Å². The van der Waals surface area contributed by atoms with Crippen molar-refractivity contribution < 1.29 is 44.5 Å². The molecule has 1 N–H and O–H groups in total. The number of benzene rings is 1. The molecule has 6 nitrogen and oxygen atoms in total. The van der Waals surface area contributed by atoms with Gasteiger partial charge in [0.15, 0.2) is 0 Å². The summed E-state index contributed by atoms with van der Waals surface area (Å²) in [5, 5.41) is 8.91. The minimum Gasteiger partial charge on any atom is -0.465 e. The van der Waals surface area contributed by atoms with E-state index in [1.807, 2.05) is 0 Å². The van der Waals surface area contributed by atoms with Crippen molar-refractivity contribution in [3.05, 3.63) is 29.1 Å². The highest BCUT2D eigenvalue weighted by molar-refractivity contribution is 7.87. The summed E-state index contributed by atoms with van der Waals surface area (Å²) >= 11 is 0. The van der Waals surface area contributed by atoms with Crippen LogP contribution in [0, 0.1) is 35.0 Å². The molecule has 1 unspecified atom stereocenters. The lowest BCUT2D eigenvalue weighted by Gasteiger charge is -2.30. The van der Waals surface area contributed by atoms with E-state index in [-0.39, 0.29) is 18.9 Å². The van der Waals surface area contributed by atoms with Gasteiger partial charge in [0.2, 0.25) is 34.8 Å². The maximum atomic E-state index is 13.5. The van der Waals surface area contributed by atoms with Gasteiger partial charge in [-0.25, -0.2) is 18.0 Å². The highest BCUT2D eigenvalue weighted by atomic mass is 32.2. The van der Waals surface area contributed by atoms with E-state index in [1.165, 1.54) is 0 Å². The normalized spacial score (nSPS) is 18.0. The molecule has 1 heterocycles. The van der Waals surface area contributed by atoms with Crippen LogP contribution in [-0.4, -0.2) is 43.4 Å². The Bertz CT molecular complexity index is 787. The second kappa shape index (κ2) is 7.64. The van der Waals surface area contributed by atoms with Crippen LogP contribution in [0.3, 0.4) is 0 Å². The highest BCUT2D eigenvalue weighted by Gasteiger charge is 2.31. The summed E-state index contributed by atoms with van der Waals surface area (Å²) in [6.07, 6.45) is -0.214. The Balaban J connectivity index is 2.09. The summed E-state index contributed by atoms with van der Waals surface area (Å²) in [5.74, 6) is -14.9. The van der Waals surface area contributed by atoms with E-state index < -0.39 is 56.8 Å². The van der Waals surface area contributed by atoms with Crippen molar-refractivity contribution in [3.63, 3.8) is 0 Å². The first kappa shape index (κ1) is 20.2. The van der Waals surface area contributed by atoms with E-state index in [2.05, 4.69) is 4.18 Å². The predicted molar refractivity (Wildman–Crippen MR) is 77.6 cm³/mol. The maximum Gasteiger partial charge on any atom is 0.407 e. The largest absolute Gasteiger partial charge is 0.465 e. The molecule has 1 saturated heterocycles. The Morgan fingerprint density at radius 2 is 1.62 bits per heavy atom. The van der Waals surface area contributed by atoms with Gasteiger partial charge >= 0.3 is 16.2 Å². The number of hydrogen-bond donors (Lipinski definition) is 1. The van der Waals surface area contributed by atoms with Crippen LogP contribution in [-0.2, 0) is 10.1 Å². The number of carbonyl (C=O) groups is 1. The third-order valence-corrected chi connectivity index (χ3v) is 5.10. The Kier molecular flexibility index (Phi) is 5.94. The Morgan fingerprint density at radius 3 is 2.15 bits per heavy atom. The summed E-state index contributed by atoms with van der Waals surface area (Å²) in [6, 6.07) is 0. The smallest absolute Gasteiger partial charge is 0.407 e. The van der Waals surface area contributed by atoms with Gasteiger partial charge in [-0.2, -0.15) is 17.2 Å². The summed E-state index contributed by atoms with van der Waals surface area (Å²) < 4.78 is 93.8. The number of amides is 1. The first-order valence-corrected chi connectivity index (χ1v) is 9.02. The maximum absolute atomic E-state index is 13.5. The molecule has 1 atom stereocenters. The molecule has 1 amide bonds. The number of nitrogens with zero attached hydrogens (tertiary/aromatic N) is 1. The lowest BCUT2D eigenvalue weighted by atomic mass is 9.96. The summed E-state index contributed by atoms with van der Waals surface area (Å²) in [4.78, 5) is 12.0. The van der Waals surface area contributed by atoms with Crippen LogP contribution in [0.25, 0.3) is 0 Å². The molecule has 0 aliphatic carbocycles.